The fraction of sp³-hybridized carbons (Fsp3) is 0.538. The molecule has 1 atom stereocenters. The maximum Gasteiger partial charge on any atom is 0.227 e. The van der Waals surface area contributed by atoms with Gasteiger partial charge in [-0.1, -0.05) is 0 Å². The van der Waals surface area contributed by atoms with Crippen molar-refractivity contribution in [1.29, 1.82) is 0 Å². The van der Waals surface area contributed by atoms with E-state index in [1.54, 1.807) is 12.4 Å². The second kappa shape index (κ2) is 7.01. The number of nitrogens with two attached hydrogens (primary N) is 1. The van der Waals surface area contributed by atoms with Gasteiger partial charge in [0.25, 0.3) is 0 Å². The van der Waals surface area contributed by atoms with Crippen LogP contribution < -0.4 is 5.73 Å². The van der Waals surface area contributed by atoms with Gasteiger partial charge in [0.05, 0.1) is 5.92 Å². The molecule has 0 bridgehead atoms. The predicted octanol–water partition coefficient (Wildman–Crippen LogP) is 1.07. The second-order valence-corrected chi connectivity index (χ2v) is 4.00. The number of rotatable bonds is 6. The average Bonchev–Trinajstić information content (AvgIpc) is 2.38. The monoisotopic (exact) mass is 235 g/mol. The molecule has 0 radical (unpaired) electrons. The van der Waals surface area contributed by atoms with Gasteiger partial charge in [-0.05, 0) is 38.0 Å². The molecule has 0 saturated carbocycles. The number of nitrogens with zero attached hydrogens (tertiary/aromatic N) is 2. The summed E-state index contributed by atoms with van der Waals surface area (Å²) in [4.78, 5) is 18.0. The molecule has 1 heterocycles. The summed E-state index contributed by atoms with van der Waals surface area (Å²) in [6.45, 7) is 5.84. The van der Waals surface area contributed by atoms with Crippen molar-refractivity contribution in [2.45, 2.75) is 20.3 Å². The summed E-state index contributed by atoms with van der Waals surface area (Å²) in [7, 11) is 0. The van der Waals surface area contributed by atoms with Crippen LogP contribution in [0.3, 0.4) is 0 Å². The zero-order valence-corrected chi connectivity index (χ0v) is 10.6. The fourth-order valence-corrected chi connectivity index (χ4v) is 1.87. The third-order valence-corrected chi connectivity index (χ3v) is 2.94. The van der Waals surface area contributed by atoms with Crippen molar-refractivity contribution in [3.8, 4) is 0 Å². The molecule has 1 rings (SSSR count). The van der Waals surface area contributed by atoms with Crippen LogP contribution in [0.2, 0.25) is 0 Å². The van der Waals surface area contributed by atoms with E-state index < -0.39 is 0 Å². The van der Waals surface area contributed by atoms with Gasteiger partial charge in [-0.15, -0.1) is 0 Å². The van der Waals surface area contributed by atoms with Gasteiger partial charge in [-0.2, -0.15) is 0 Å². The SMILES string of the molecule is CCN(CC)C(=O)C(CN)Cc1ccncc1. The van der Waals surface area contributed by atoms with E-state index in [-0.39, 0.29) is 11.8 Å². The molecule has 1 amide bonds. The Labute approximate surface area is 103 Å². The molecule has 17 heavy (non-hydrogen) atoms. The lowest BCUT2D eigenvalue weighted by Crippen LogP contribution is -2.39. The van der Waals surface area contributed by atoms with Crippen molar-refractivity contribution in [1.82, 2.24) is 9.88 Å². The van der Waals surface area contributed by atoms with Gasteiger partial charge in [-0.25, -0.2) is 0 Å². The van der Waals surface area contributed by atoms with Crippen molar-refractivity contribution < 1.29 is 4.79 Å². The lowest BCUT2D eigenvalue weighted by Gasteiger charge is -2.24. The van der Waals surface area contributed by atoms with Crippen molar-refractivity contribution in [2.24, 2.45) is 11.7 Å². The first-order valence-electron chi connectivity index (χ1n) is 6.10. The highest BCUT2D eigenvalue weighted by atomic mass is 16.2. The molecule has 0 saturated heterocycles. The Morgan fingerprint density at radius 2 is 1.94 bits per heavy atom. The quantitative estimate of drug-likeness (QED) is 0.802. The maximum absolute atomic E-state index is 12.2. The Morgan fingerprint density at radius 1 is 1.35 bits per heavy atom. The van der Waals surface area contributed by atoms with E-state index in [1.807, 2.05) is 30.9 Å². The lowest BCUT2D eigenvalue weighted by molar-refractivity contribution is -0.134. The maximum atomic E-state index is 12.2. The van der Waals surface area contributed by atoms with Gasteiger partial charge in [0, 0.05) is 32.0 Å². The molecule has 0 aromatic carbocycles. The first kappa shape index (κ1) is 13.6. The van der Waals surface area contributed by atoms with Crippen LogP contribution in [0, 0.1) is 5.92 Å². The summed E-state index contributed by atoms with van der Waals surface area (Å²) in [6.07, 6.45) is 4.17. The van der Waals surface area contributed by atoms with Crippen molar-refractivity contribution in [3.05, 3.63) is 30.1 Å². The minimum absolute atomic E-state index is 0.128. The standard InChI is InChI=1S/C13H21N3O/c1-3-16(4-2)13(17)12(10-14)9-11-5-7-15-8-6-11/h5-8,12H,3-4,9-10,14H2,1-2H3. The van der Waals surface area contributed by atoms with Gasteiger partial charge in [0.2, 0.25) is 5.91 Å². The molecule has 0 aliphatic carbocycles. The van der Waals surface area contributed by atoms with E-state index in [2.05, 4.69) is 4.98 Å². The molecule has 0 fully saturated rings. The average molecular weight is 235 g/mol. The van der Waals surface area contributed by atoms with Crippen LogP contribution in [-0.4, -0.2) is 35.4 Å². The van der Waals surface area contributed by atoms with E-state index in [1.165, 1.54) is 0 Å². The van der Waals surface area contributed by atoms with Gasteiger partial charge in [0.15, 0.2) is 0 Å². The minimum atomic E-state index is -0.128. The van der Waals surface area contributed by atoms with Crippen molar-refractivity contribution >= 4 is 5.91 Å². The number of aromatic nitrogens is 1. The number of carbonyl (C=O) groups is 1. The topological polar surface area (TPSA) is 59.2 Å². The zero-order valence-electron chi connectivity index (χ0n) is 10.6. The molecular weight excluding hydrogens is 214 g/mol. The molecule has 4 heteroatoms. The largest absolute Gasteiger partial charge is 0.343 e. The third kappa shape index (κ3) is 3.82. The Morgan fingerprint density at radius 3 is 2.41 bits per heavy atom. The van der Waals surface area contributed by atoms with Crippen LogP contribution in [0.5, 0.6) is 0 Å². The molecule has 94 valence electrons. The number of pyridine rings is 1. The summed E-state index contributed by atoms with van der Waals surface area (Å²) in [6, 6.07) is 3.86. The summed E-state index contributed by atoms with van der Waals surface area (Å²) in [5.74, 6) is 0.0200. The summed E-state index contributed by atoms with van der Waals surface area (Å²) >= 11 is 0. The van der Waals surface area contributed by atoms with E-state index in [4.69, 9.17) is 5.73 Å². The Hall–Kier alpha value is -1.42. The molecule has 0 spiro atoms. The Balaban J connectivity index is 2.68. The van der Waals surface area contributed by atoms with E-state index in [0.29, 0.717) is 13.0 Å². The lowest BCUT2D eigenvalue weighted by atomic mass is 9.98. The number of carbonyl (C=O) groups excluding carboxylic acids is 1. The molecule has 1 unspecified atom stereocenters. The van der Waals surface area contributed by atoms with Crippen molar-refractivity contribution in [2.75, 3.05) is 19.6 Å². The third-order valence-electron chi connectivity index (χ3n) is 2.94. The first-order chi connectivity index (χ1) is 8.22. The van der Waals surface area contributed by atoms with Crippen LogP contribution in [-0.2, 0) is 11.2 Å². The molecule has 0 aliphatic heterocycles. The molecule has 0 aliphatic rings. The minimum Gasteiger partial charge on any atom is -0.343 e. The fourth-order valence-electron chi connectivity index (χ4n) is 1.87. The molecule has 4 nitrogen and oxygen atoms in total. The van der Waals surface area contributed by atoms with Gasteiger partial charge >= 0.3 is 0 Å². The van der Waals surface area contributed by atoms with E-state index in [0.717, 1.165) is 18.7 Å². The smallest absolute Gasteiger partial charge is 0.227 e. The highest BCUT2D eigenvalue weighted by molar-refractivity contribution is 5.79. The second-order valence-electron chi connectivity index (χ2n) is 4.00. The van der Waals surface area contributed by atoms with Crippen LogP contribution in [0.4, 0.5) is 0 Å². The van der Waals surface area contributed by atoms with Gasteiger partial charge in [0.1, 0.15) is 0 Å². The Bertz CT molecular complexity index is 336. The molecule has 2 N–H and O–H groups in total. The summed E-state index contributed by atoms with van der Waals surface area (Å²) in [5.41, 5.74) is 6.81. The highest BCUT2D eigenvalue weighted by Gasteiger charge is 2.21. The van der Waals surface area contributed by atoms with Gasteiger partial charge in [-0.3, -0.25) is 9.78 Å². The van der Waals surface area contributed by atoms with Crippen LogP contribution >= 0.6 is 0 Å². The summed E-state index contributed by atoms with van der Waals surface area (Å²) in [5, 5.41) is 0. The van der Waals surface area contributed by atoms with Crippen LogP contribution in [0.15, 0.2) is 24.5 Å². The predicted molar refractivity (Wildman–Crippen MR) is 68.4 cm³/mol. The van der Waals surface area contributed by atoms with Crippen molar-refractivity contribution in [3.63, 3.8) is 0 Å². The molecule has 1 aromatic heterocycles. The van der Waals surface area contributed by atoms with Crippen LogP contribution in [0.25, 0.3) is 0 Å². The van der Waals surface area contributed by atoms with E-state index in [9.17, 15) is 4.79 Å². The molecular formula is C13H21N3O. The Kier molecular flexibility index (Phi) is 5.63. The van der Waals surface area contributed by atoms with Crippen LogP contribution in [0.1, 0.15) is 19.4 Å². The molecule has 1 aromatic rings. The van der Waals surface area contributed by atoms with E-state index >= 15 is 0 Å². The normalized spacial score (nSPS) is 12.2. The van der Waals surface area contributed by atoms with Gasteiger partial charge < -0.3 is 10.6 Å². The number of amides is 1. The summed E-state index contributed by atoms with van der Waals surface area (Å²) < 4.78 is 0. The zero-order chi connectivity index (χ0) is 12.7. The highest BCUT2D eigenvalue weighted by Crippen LogP contribution is 2.10. The number of hydrogen-bond donors (Lipinski definition) is 1. The first-order valence-corrected chi connectivity index (χ1v) is 6.10. The number of hydrogen-bond acceptors (Lipinski definition) is 3.